The number of hydrogen-bond donors (Lipinski definition) is 5. The van der Waals surface area contributed by atoms with Gasteiger partial charge in [-0.15, -0.1) is 0 Å². The minimum atomic E-state index is -2.27. The van der Waals surface area contributed by atoms with Crippen LogP contribution in [0.1, 0.15) is 5.56 Å². The van der Waals surface area contributed by atoms with E-state index in [1.54, 1.807) is 12.1 Å². The summed E-state index contributed by atoms with van der Waals surface area (Å²) in [6.45, 7) is 0. The van der Waals surface area contributed by atoms with Crippen molar-refractivity contribution in [2.75, 3.05) is 0 Å². The summed E-state index contributed by atoms with van der Waals surface area (Å²) in [5.74, 6) is -4.32. The van der Waals surface area contributed by atoms with Crippen molar-refractivity contribution in [1.82, 2.24) is 0 Å². The lowest BCUT2D eigenvalue weighted by molar-refractivity contribution is -0.165. The lowest BCUT2D eigenvalue weighted by Crippen LogP contribution is -2.39. The van der Waals surface area contributed by atoms with Gasteiger partial charge >= 0.3 is 17.9 Å². The highest BCUT2D eigenvalue weighted by molar-refractivity contribution is 5.83. The second-order valence-electron chi connectivity index (χ2n) is 3.62. The first-order chi connectivity index (χ1) is 9.25. The highest BCUT2D eigenvalue weighted by Crippen LogP contribution is 1.98. The van der Waals surface area contributed by atoms with Crippen LogP contribution < -0.4 is 0 Å². The van der Waals surface area contributed by atoms with Gasteiger partial charge in [-0.3, -0.25) is 4.79 Å². The molecule has 0 saturated carbocycles. The third-order valence-corrected chi connectivity index (χ3v) is 2.00. The molecule has 0 fully saturated rings. The molecule has 1 rings (SSSR count). The molecular formula is C12H14O8. The Labute approximate surface area is 113 Å². The minimum absolute atomic E-state index is 0.112. The van der Waals surface area contributed by atoms with E-state index in [0.717, 1.165) is 5.56 Å². The molecule has 8 nitrogen and oxygen atoms in total. The van der Waals surface area contributed by atoms with Gasteiger partial charge in [0.05, 0.1) is 6.42 Å². The van der Waals surface area contributed by atoms with Crippen LogP contribution in [-0.4, -0.2) is 55.6 Å². The van der Waals surface area contributed by atoms with Gasteiger partial charge in [0.2, 0.25) is 0 Å². The Morgan fingerprint density at radius 2 is 1.25 bits per heavy atom. The fraction of sp³-hybridized carbons (Fsp3) is 0.250. The van der Waals surface area contributed by atoms with Crippen molar-refractivity contribution in [3.8, 4) is 0 Å². The molecule has 110 valence electrons. The maximum Gasteiger partial charge on any atom is 0.335 e. The summed E-state index contributed by atoms with van der Waals surface area (Å²) < 4.78 is 0. The van der Waals surface area contributed by atoms with Crippen LogP contribution in [-0.2, 0) is 20.8 Å². The van der Waals surface area contributed by atoms with E-state index < -0.39 is 30.1 Å². The van der Waals surface area contributed by atoms with Gasteiger partial charge < -0.3 is 25.5 Å². The third-order valence-electron chi connectivity index (χ3n) is 2.00. The Bertz CT molecular complexity index is 438. The normalized spacial score (nSPS) is 12.5. The van der Waals surface area contributed by atoms with Crippen molar-refractivity contribution in [3.05, 3.63) is 35.9 Å². The molecule has 1 aromatic carbocycles. The fourth-order valence-corrected chi connectivity index (χ4v) is 1.04. The SMILES string of the molecule is O=C(O)C(O)C(O)C(=O)O.O=C(O)Cc1ccccc1. The maximum atomic E-state index is 10.2. The fourth-order valence-electron chi connectivity index (χ4n) is 1.04. The molecule has 0 radical (unpaired) electrons. The predicted molar refractivity (Wildman–Crippen MR) is 65.1 cm³/mol. The first kappa shape index (κ1) is 17.6. The summed E-state index contributed by atoms with van der Waals surface area (Å²) in [4.78, 5) is 29.7. The molecule has 1 aromatic rings. The van der Waals surface area contributed by atoms with Gasteiger partial charge in [-0.1, -0.05) is 30.3 Å². The third kappa shape index (κ3) is 7.09. The molecule has 0 amide bonds. The number of benzene rings is 1. The van der Waals surface area contributed by atoms with Crippen molar-refractivity contribution < 1.29 is 39.9 Å². The van der Waals surface area contributed by atoms with Crippen molar-refractivity contribution in [2.24, 2.45) is 0 Å². The van der Waals surface area contributed by atoms with Crippen LogP contribution in [0, 0.1) is 0 Å². The molecule has 8 heteroatoms. The largest absolute Gasteiger partial charge is 0.481 e. The molecule has 0 heterocycles. The predicted octanol–water partition coefficient (Wildman–Crippen LogP) is -0.809. The van der Waals surface area contributed by atoms with Crippen LogP contribution in [0.15, 0.2) is 30.3 Å². The van der Waals surface area contributed by atoms with Crippen molar-refractivity contribution in [3.63, 3.8) is 0 Å². The first-order valence-electron chi connectivity index (χ1n) is 5.33. The van der Waals surface area contributed by atoms with Gasteiger partial charge in [-0.25, -0.2) is 9.59 Å². The number of carbonyl (C=O) groups is 3. The highest BCUT2D eigenvalue weighted by atomic mass is 16.4. The molecule has 0 aliphatic rings. The second-order valence-corrected chi connectivity index (χ2v) is 3.62. The van der Waals surface area contributed by atoms with Gasteiger partial charge in [-0.05, 0) is 5.56 Å². The Morgan fingerprint density at radius 1 is 0.850 bits per heavy atom. The quantitative estimate of drug-likeness (QED) is 0.471. The summed E-state index contributed by atoms with van der Waals surface area (Å²) >= 11 is 0. The summed E-state index contributed by atoms with van der Waals surface area (Å²) in [5, 5.41) is 40.9. The monoisotopic (exact) mass is 286 g/mol. The van der Waals surface area contributed by atoms with Crippen LogP contribution in [0.4, 0.5) is 0 Å². The number of rotatable bonds is 5. The number of aliphatic hydroxyl groups excluding tert-OH is 2. The summed E-state index contributed by atoms with van der Waals surface area (Å²) in [6.07, 6.45) is -4.42. The molecular weight excluding hydrogens is 272 g/mol. The van der Waals surface area contributed by atoms with Crippen LogP contribution >= 0.6 is 0 Å². The smallest absolute Gasteiger partial charge is 0.335 e. The minimum Gasteiger partial charge on any atom is -0.481 e. The molecule has 0 aliphatic heterocycles. The van der Waals surface area contributed by atoms with E-state index in [9.17, 15) is 14.4 Å². The average molecular weight is 286 g/mol. The molecule has 20 heavy (non-hydrogen) atoms. The molecule has 0 bridgehead atoms. The number of carboxylic acids is 3. The van der Waals surface area contributed by atoms with Crippen LogP contribution in [0.25, 0.3) is 0 Å². The zero-order valence-corrected chi connectivity index (χ0v) is 10.2. The van der Waals surface area contributed by atoms with Crippen molar-refractivity contribution in [1.29, 1.82) is 0 Å². The number of aliphatic carboxylic acids is 3. The van der Waals surface area contributed by atoms with E-state index in [-0.39, 0.29) is 6.42 Å². The molecule has 5 N–H and O–H groups in total. The topological polar surface area (TPSA) is 152 Å². The van der Waals surface area contributed by atoms with Gasteiger partial charge in [-0.2, -0.15) is 0 Å². The molecule has 2 unspecified atom stereocenters. The van der Waals surface area contributed by atoms with E-state index in [1.807, 2.05) is 18.2 Å². The van der Waals surface area contributed by atoms with E-state index in [0.29, 0.717) is 0 Å². The Hall–Kier alpha value is -2.45. The van der Waals surface area contributed by atoms with E-state index >= 15 is 0 Å². The van der Waals surface area contributed by atoms with E-state index in [4.69, 9.17) is 25.5 Å². The number of hydrogen-bond acceptors (Lipinski definition) is 5. The van der Waals surface area contributed by atoms with Crippen molar-refractivity contribution in [2.45, 2.75) is 18.6 Å². The van der Waals surface area contributed by atoms with E-state index in [2.05, 4.69) is 0 Å². The maximum absolute atomic E-state index is 10.2. The first-order valence-corrected chi connectivity index (χ1v) is 5.33. The van der Waals surface area contributed by atoms with Gasteiger partial charge in [0.15, 0.2) is 12.2 Å². The van der Waals surface area contributed by atoms with Gasteiger partial charge in [0, 0.05) is 0 Å². The number of carboxylic acid groups (broad SMARTS) is 3. The molecule has 0 spiro atoms. The zero-order valence-electron chi connectivity index (χ0n) is 10.2. The summed E-state index contributed by atoms with van der Waals surface area (Å²) in [7, 11) is 0. The molecule has 0 aliphatic carbocycles. The highest BCUT2D eigenvalue weighted by Gasteiger charge is 2.29. The lowest BCUT2D eigenvalue weighted by Gasteiger charge is -2.07. The Kier molecular flexibility index (Phi) is 7.56. The second kappa shape index (κ2) is 8.62. The molecule has 0 saturated heterocycles. The summed E-state index contributed by atoms with van der Waals surface area (Å²) in [6, 6.07) is 9.13. The molecule has 0 aromatic heterocycles. The van der Waals surface area contributed by atoms with Gasteiger partial charge in [0.1, 0.15) is 0 Å². The van der Waals surface area contributed by atoms with Crippen LogP contribution in [0.2, 0.25) is 0 Å². The Morgan fingerprint density at radius 3 is 1.55 bits per heavy atom. The lowest BCUT2D eigenvalue weighted by atomic mass is 10.2. The average Bonchev–Trinajstić information content (AvgIpc) is 2.38. The number of aliphatic hydroxyl groups is 2. The summed E-state index contributed by atoms with van der Waals surface area (Å²) in [5.41, 5.74) is 0.843. The van der Waals surface area contributed by atoms with Gasteiger partial charge in [0.25, 0.3) is 0 Å². The van der Waals surface area contributed by atoms with Crippen LogP contribution in [0.5, 0.6) is 0 Å². The van der Waals surface area contributed by atoms with Crippen LogP contribution in [0.3, 0.4) is 0 Å². The Balaban J connectivity index is 0.000000361. The molecule has 2 atom stereocenters. The van der Waals surface area contributed by atoms with E-state index in [1.165, 1.54) is 0 Å². The zero-order chi connectivity index (χ0) is 15.7. The standard InChI is InChI=1S/C8H8O2.C4H6O6/c9-8(10)6-7-4-2-1-3-5-7;5-1(3(7)8)2(6)4(9)10/h1-5H,6H2,(H,9,10);1-2,5-6H,(H,7,8)(H,9,10). The van der Waals surface area contributed by atoms with Crippen molar-refractivity contribution >= 4 is 17.9 Å².